The number of benzene rings is 2. The molecule has 0 aliphatic carbocycles. The Morgan fingerprint density at radius 2 is 1.73 bits per heavy atom. The van der Waals surface area contributed by atoms with Crippen LogP contribution in [-0.4, -0.2) is 42.9 Å². The molecule has 1 saturated heterocycles. The summed E-state index contributed by atoms with van der Waals surface area (Å²) in [6.45, 7) is 2.80. The fourth-order valence-corrected chi connectivity index (χ4v) is 4.75. The molecule has 4 aromatic rings. The van der Waals surface area contributed by atoms with Gasteiger partial charge in [-0.15, -0.1) is 10.2 Å². The third kappa shape index (κ3) is 5.26. The predicted octanol–water partition coefficient (Wildman–Crippen LogP) is 5.39. The fraction of sp³-hybridized carbons (Fsp3) is 0.304. The molecule has 2 aromatic carbocycles. The van der Waals surface area contributed by atoms with E-state index in [1.165, 1.54) is 43.2 Å². The van der Waals surface area contributed by atoms with Crippen LogP contribution in [0.4, 0.5) is 4.39 Å². The maximum absolute atomic E-state index is 13.5. The van der Waals surface area contributed by atoms with Crippen LogP contribution in [0.5, 0.6) is 0 Å². The van der Waals surface area contributed by atoms with E-state index >= 15 is 0 Å². The average molecular weight is 485 g/mol. The van der Waals surface area contributed by atoms with Gasteiger partial charge in [-0.05, 0) is 74.5 Å². The fourth-order valence-electron chi connectivity index (χ4n) is 3.82. The second-order valence-electron chi connectivity index (χ2n) is 7.85. The van der Waals surface area contributed by atoms with Gasteiger partial charge in [0.05, 0.1) is 12.3 Å². The van der Waals surface area contributed by atoms with E-state index in [0.717, 1.165) is 30.2 Å². The van der Waals surface area contributed by atoms with E-state index in [0.29, 0.717) is 34.2 Å². The van der Waals surface area contributed by atoms with Gasteiger partial charge in [0, 0.05) is 16.3 Å². The summed E-state index contributed by atoms with van der Waals surface area (Å²) in [7, 11) is 0. The molecule has 33 heavy (non-hydrogen) atoms. The second kappa shape index (κ2) is 10.0. The molecule has 3 heterocycles. The highest BCUT2D eigenvalue weighted by Gasteiger charge is 2.20. The quantitative estimate of drug-likeness (QED) is 0.326. The van der Waals surface area contributed by atoms with Crippen LogP contribution < -0.4 is 0 Å². The number of halogens is 2. The van der Waals surface area contributed by atoms with Crippen LogP contribution in [0.25, 0.3) is 17.1 Å². The van der Waals surface area contributed by atoms with Gasteiger partial charge in [-0.3, -0.25) is 9.47 Å². The van der Waals surface area contributed by atoms with Crippen molar-refractivity contribution in [3.63, 3.8) is 0 Å². The van der Waals surface area contributed by atoms with Crippen molar-refractivity contribution < 1.29 is 8.91 Å². The topological polar surface area (TPSA) is 72.9 Å². The number of aromatic nitrogens is 5. The highest BCUT2D eigenvalue weighted by molar-refractivity contribution is 7.98. The molecular formula is C23H22ClFN6OS. The number of nitrogens with zero attached hydrogens (tertiary/aromatic N) is 6. The lowest BCUT2D eigenvalue weighted by Gasteiger charge is -2.26. The monoisotopic (exact) mass is 484 g/mol. The summed E-state index contributed by atoms with van der Waals surface area (Å²) < 4.78 is 21.0. The number of piperidine rings is 1. The van der Waals surface area contributed by atoms with Crippen molar-refractivity contribution in [3.8, 4) is 17.1 Å². The van der Waals surface area contributed by atoms with E-state index in [-0.39, 0.29) is 5.82 Å². The molecule has 0 amide bonds. The zero-order valence-electron chi connectivity index (χ0n) is 17.8. The Morgan fingerprint density at radius 3 is 2.48 bits per heavy atom. The van der Waals surface area contributed by atoms with Gasteiger partial charge in [-0.25, -0.2) is 4.39 Å². The standard InChI is InChI=1S/C23H22ClFN6OS/c24-17-6-4-16(5-7-17)22-26-21(32-29-22)15-33-23-28-27-20(14-30-12-2-1-3-13-30)31(23)19-10-8-18(25)9-11-19/h4-11H,1-3,12-15H2. The van der Waals surface area contributed by atoms with Crippen LogP contribution in [0.3, 0.4) is 0 Å². The summed E-state index contributed by atoms with van der Waals surface area (Å²) in [5.74, 6) is 1.98. The molecule has 7 nitrogen and oxygen atoms in total. The summed E-state index contributed by atoms with van der Waals surface area (Å²) in [4.78, 5) is 6.87. The van der Waals surface area contributed by atoms with Gasteiger partial charge in [-0.1, -0.05) is 34.9 Å². The van der Waals surface area contributed by atoms with Gasteiger partial charge in [0.2, 0.25) is 11.7 Å². The normalized spacial score (nSPS) is 14.6. The van der Waals surface area contributed by atoms with Crippen molar-refractivity contribution in [1.82, 2.24) is 29.8 Å². The molecule has 0 spiro atoms. The molecule has 1 aliphatic heterocycles. The molecular weight excluding hydrogens is 463 g/mol. The van der Waals surface area contributed by atoms with Crippen molar-refractivity contribution in [2.45, 2.75) is 36.7 Å². The van der Waals surface area contributed by atoms with Crippen LogP contribution in [0.15, 0.2) is 58.2 Å². The smallest absolute Gasteiger partial charge is 0.237 e. The average Bonchev–Trinajstić information content (AvgIpc) is 3.47. The first-order chi connectivity index (χ1) is 16.2. The number of rotatable bonds is 7. The molecule has 10 heteroatoms. The summed E-state index contributed by atoms with van der Waals surface area (Å²) in [6, 6.07) is 13.7. The van der Waals surface area contributed by atoms with Crippen molar-refractivity contribution in [3.05, 3.63) is 71.1 Å². The molecule has 1 aliphatic rings. The molecule has 0 atom stereocenters. The van der Waals surface area contributed by atoms with Gasteiger partial charge in [0.25, 0.3) is 0 Å². The third-order valence-electron chi connectivity index (χ3n) is 5.49. The summed E-state index contributed by atoms with van der Waals surface area (Å²) >= 11 is 7.41. The van der Waals surface area contributed by atoms with Crippen LogP contribution >= 0.6 is 23.4 Å². The van der Waals surface area contributed by atoms with Crippen molar-refractivity contribution >= 4 is 23.4 Å². The number of hydrogen-bond donors (Lipinski definition) is 0. The van der Waals surface area contributed by atoms with Gasteiger partial charge < -0.3 is 4.52 Å². The molecule has 0 unspecified atom stereocenters. The SMILES string of the molecule is Fc1ccc(-n2c(CN3CCCCC3)nnc2SCc2nc(-c3ccc(Cl)cc3)no2)cc1. The Labute approximate surface area is 200 Å². The Hall–Kier alpha value is -2.75. The van der Waals surface area contributed by atoms with Crippen molar-refractivity contribution in [1.29, 1.82) is 0 Å². The van der Waals surface area contributed by atoms with Crippen LogP contribution in [0.1, 0.15) is 31.0 Å². The molecule has 0 bridgehead atoms. The van der Waals surface area contributed by atoms with E-state index in [1.54, 1.807) is 24.3 Å². The van der Waals surface area contributed by atoms with E-state index in [4.69, 9.17) is 16.1 Å². The summed E-state index contributed by atoms with van der Waals surface area (Å²) in [6.07, 6.45) is 3.66. The predicted molar refractivity (Wildman–Crippen MR) is 125 cm³/mol. The van der Waals surface area contributed by atoms with Crippen molar-refractivity contribution in [2.24, 2.45) is 0 Å². The Balaban J connectivity index is 1.36. The maximum Gasteiger partial charge on any atom is 0.237 e. The lowest BCUT2D eigenvalue weighted by atomic mass is 10.1. The third-order valence-corrected chi connectivity index (χ3v) is 6.66. The zero-order chi connectivity index (χ0) is 22.6. The molecule has 5 rings (SSSR count). The van der Waals surface area contributed by atoms with E-state index in [1.807, 2.05) is 16.7 Å². The molecule has 0 saturated carbocycles. The Bertz CT molecular complexity index is 1200. The van der Waals surface area contributed by atoms with E-state index < -0.39 is 0 Å². The first kappa shape index (κ1) is 22.1. The van der Waals surface area contributed by atoms with Gasteiger partial charge in [-0.2, -0.15) is 4.98 Å². The molecule has 170 valence electrons. The maximum atomic E-state index is 13.5. The van der Waals surface area contributed by atoms with Gasteiger partial charge in [0.15, 0.2) is 11.0 Å². The van der Waals surface area contributed by atoms with Crippen LogP contribution in [0.2, 0.25) is 5.02 Å². The highest BCUT2D eigenvalue weighted by atomic mass is 35.5. The number of likely N-dealkylation sites (tertiary alicyclic amines) is 1. The Kier molecular flexibility index (Phi) is 6.70. The van der Waals surface area contributed by atoms with E-state index in [2.05, 4.69) is 25.2 Å². The van der Waals surface area contributed by atoms with Crippen LogP contribution in [-0.2, 0) is 12.3 Å². The second-order valence-corrected chi connectivity index (χ2v) is 9.23. The Morgan fingerprint density at radius 1 is 0.970 bits per heavy atom. The van der Waals surface area contributed by atoms with Gasteiger partial charge >= 0.3 is 0 Å². The van der Waals surface area contributed by atoms with Gasteiger partial charge in [0.1, 0.15) is 5.82 Å². The van der Waals surface area contributed by atoms with E-state index in [9.17, 15) is 4.39 Å². The first-order valence-corrected chi connectivity index (χ1v) is 12.2. The largest absolute Gasteiger partial charge is 0.338 e. The molecule has 1 fully saturated rings. The summed E-state index contributed by atoms with van der Waals surface area (Å²) in [5, 5.41) is 14.3. The zero-order valence-corrected chi connectivity index (χ0v) is 19.4. The minimum absolute atomic E-state index is 0.279. The molecule has 0 radical (unpaired) electrons. The minimum atomic E-state index is -0.279. The number of hydrogen-bond acceptors (Lipinski definition) is 7. The van der Waals surface area contributed by atoms with Crippen molar-refractivity contribution in [2.75, 3.05) is 13.1 Å². The summed E-state index contributed by atoms with van der Waals surface area (Å²) in [5.41, 5.74) is 1.65. The lowest BCUT2D eigenvalue weighted by molar-refractivity contribution is 0.214. The first-order valence-electron chi connectivity index (χ1n) is 10.8. The molecule has 0 N–H and O–H groups in total. The van der Waals surface area contributed by atoms with Crippen LogP contribution in [0, 0.1) is 5.82 Å². The molecule has 2 aromatic heterocycles. The number of thioether (sulfide) groups is 1. The highest BCUT2D eigenvalue weighted by Crippen LogP contribution is 2.27. The lowest BCUT2D eigenvalue weighted by Crippen LogP contribution is -2.30. The minimum Gasteiger partial charge on any atom is -0.338 e.